The summed E-state index contributed by atoms with van der Waals surface area (Å²) in [6.07, 6.45) is 7.79. The lowest BCUT2D eigenvalue weighted by atomic mass is 9.87. The number of anilines is 1. The highest BCUT2D eigenvalue weighted by atomic mass is 79.9. The van der Waals surface area contributed by atoms with Gasteiger partial charge in [0.05, 0.1) is 10.0 Å². The van der Waals surface area contributed by atoms with Gasteiger partial charge in [0.2, 0.25) is 0 Å². The van der Waals surface area contributed by atoms with Crippen LogP contribution in [0.25, 0.3) is 0 Å². The topological polar surface area (TPSA) is 55.1 Å². The normalized spacial score (nSPS) is 16.3. The van der Waals surface area contributed by atoms with Gasteiger partial charge in [-0.3, -0.25) is 4.79 Å². The summed E-state index contributed by atoms with van der Waals surface area (Å²) >= 11 is 3.36. The third kappa shape index (κ3) is 3.96. The van der Waals surface area contributed by atoms with E-state index in [1.165, 1.54) is 32.1 Å². The standard InChI is InChI=1S/C15H21BrN2O/c16-14-12(7-4-8-13(14)17)15(19)18-10-9-11-5-2-1-3-6-11/h4,7-8,11H,1-3,5-6,9-10,17H2,(H,18,19). The molecule has 104 valence electrons. The Bertz CT molecular complexity index is 442. The van der Waals surface area contributed by atoms with Gasteiger partial charge in [-0.2, -0.15) is 0 Å². The van der Waals surface area contributed by atoms with Gasteiger partial charge in [-0.05, 0) is 40.4 Å². The molecule has 2 rings (SSSR count). The number of carbonyl (C=O) groups excluding carboxylic acids is 1. The third-order valence-corrected chi connectivity index (χ3v) is 4.72. The van der Waals surface area contributed by atoms with Gasteiger partial charge >= 0.3 is 0 Å². The maximum Gasteiger partial charge on any atom is 0.252 e. The van der Waals surface area contributed by atoms with Crippen molar-refractivity contribution in [2.45, 2.75) is 38.5 Å². The number of rotatable bonds is 4. The maximum atomic E-state index is 12.1. The molecule has 0 aromatic heterocycles. The van der Waals surface area contributed by atoms with Gasteiger partial charge < -0.3 is 11.1 Å². The Morgan fingerprint density at radius 2 is 2.05 bits per heavy atom. The molecule has 1 aromatic rings. The summed E-state index contributed by atoms with van der Waals surface area (Å²) in [6, 6.07) is 5.37. The number of amides is 1. The second-order valence-electron chi connectivity index (χ2n) is 5.26. The van der Waals surface area contributed by atoms with E-state index in [2.05, 4.69) is 21.2 Å². The van der Waals surface area contributed by atoms with Crippen LogP contribution in [0.5, 0.6) is 0 Å². The molecule has 1 aliphatic carbocycles. The molecule has 3 N–H and O–H groups in total. The Balaban J connectivity index is 1.82. The van der Waals surface area contributed by atoms with E-state index in [1.54, 1.807) is 18.2 Å². The van der Waals surface area contributed by atoms with E-state index in [0.29, 0.717) is 15.7 Å². The van der Waals surface area contributed by atoms with Crippen molar-refractivity contribution in [1.29, 1.82) is 0 Å². The van der Waals surface area contributed by atoms with Crippen molar-refractivity contribution < 1.29 is 4.79 Å². The molecular weight excluding hydrogens is 304 g/mol. The summed E-state index contributed by atoms with van der Waals surface area (Å²) < 4.78 is 0.685. The van der Waals surface area contributed by atoms with E-state index in [4.69, 9.17) is 5.73 Å². The molecule has 0 aliphatic heterocycles. The van der Waals surface area contributed by atoms with Crippen LogP contribution in [0.3, 0.4) is 0 Å². The van der Waals surface area contributed by atoms with Crippen molar-refractivity contribution in [3.63, 3.8) is 0 Å². The van der Waals surface area contributed by atoms with E-state index < -0.39 is 0 Å². The third-order valence-electron chi connectivity index (χ3n) is 3.84. The van der Waals surface area contributed by atoms with Gasteiger partial charge in [-0.1, -0.05) is 38.2 Å². The lowest BCUT2D eigenvalue weighted by molar-refractivity contribution is 0.0949. The molecule has 4 heteroatoms. The highest BCUT2D eigenvalue weighted by Gasteiger charge is 2.15. The average Bonchev–Trinajstić information content (AvgIpc) is 2.43. The van der Waals surface area contributed by atoms with Crippen LogP contribution in [0.1, 0.15) is 48.9 Å². The van der Waals surface area contributed by atoms with Crippen LogP contribution >= 0.6 is 15.9 Å². The number of nitrogen functional groups attached to an aromatic ring is 1. The molecule has 1 amide bonds. The first-order valence-corrected chi connectivity index (χ1v) is 7.80. The molecule has 0 saturated heterocycles. The highest BCUT2D eigenvalue weighted by Crippen LogP contribution is 2.26. The lowest BCUT2D eigenvalue weighted by Crippen LogP contribution is -2.26. The van der Waals surface area contributed by atoms with E-state index in [9.17, 15) is 4.79 Å². The molecule has 0 radical (unpaired) electrons. The number of halogens is 1. The maximum absolute atomic E-state index is 12.1. The Morgan fingerprint density at radius 3 is 2.79 bits per heavy atom. The van der Waals surface area contributed by atoms with Crippen LogP contribution in [0.4, 0.5) is 5.69 Å². The van der Waals surface area contributed by atoms with Gasteiger partial charge in [0.25, 0.3) is 5.91 Å². The summed E-state index contributed by atoms with van der Waals surface area (Å²) in [6.45, 7) is 0.755. The van der Waals surface area contributed by atoms with E-state index in [0.717, 1.165) is 18.9 Å². The Labute approximate surface area is 123 Å². The first-order valence-electron chi connectivity index (χ1n) is 7.00. The minimum Gasteiger partial charge on any atom is -0.398 e. The van der Waals surface area contributed by atoms with E-state index in [1.807, 2.05) is 0 Å². The van der Waals surface area contributed by atoms with Crippen molar-refractivity contribution in [2.24, 2.45) is 5.92 Å². The molecule has 0 bridgehead atoms. The van der Waals surface area contributed by atoms with Gasteiger partial charge in [0, 0.05) is 12.2 Å². The zero-order chi connectivity index (χ0) is 13.7. The van der Waals surface area contributed by atoms with Crippen molar-refractivity contribution in [2.75, 3.05) is 12.3 Å². The number of carbonyl (C=O) groups is 1. The summed E-state index contributed by atoms with van der Waals surface area (Å²) in [5.41, 5.74) is 6.99. The van der Waals surface area contributed by atoms with E-state index >= 15 is 0 Å². The minimum absolute atomic E-state index is 0.0463. The van der Waals surface area contributed by atoms with Gasteiger partial charge in [-0.15, -0.1) is 0 Å². The van der Waals surface area contributed by atoms with E-state index in [-0.39, 0.29) is 5.91 Å². The molecule has 0 atom stereocenters. The summed E-state index contributed by atoms with van der Waals surface area (Å²) in [5.74, 6) is 0.744. The summed E-state index contributed by atoms with van der Waals surface area (Å²) in [4.78, 5) is 12.1. The van der Waals surface area contributed by atoms with Gasteiger partial charge in [-0.25, -0.2) is 0 Å². The van der Waals surface area contributed by atoms with Crippen molar-refractivity contribution >= 4 is 27.5 Å². The zero-order valence-corrected chi connectivity index (χ0v) is 12.7. The molecule has 3 nitrogen and oxygen atoms in total. The number of nitrogens with two attached hydrogens (primary N) is 1. The van der Waals surface area contributed by atoms with Gasteiger partial charge in [0.15, 0.2) is 0 Å². The van der Waals surface area contributed by atoms with Crippen molar-refractivity contribution in [3.05, 3.63) is 28.2 Å². The second kappa shape index (κ2) is 6.94. The zero-order valence-electron chi connectivity index (χ0n) is 11.1. The lowest BCUT2D eigenvalue weighted by Gasteiger charge is -2.21. The number of benzene rings is 1. The summed E-state index contributed by atoms with van der Waals surface area (Å²) in [5, 5.41) is 2.99. The smallest absolute Gasteiger partial charge is 0.252 e. The Kier molecular flexibility index (Phi) is 5.25. The van der Waals surface area contributed by atoms with Crippen LogP contribution in [0, 0.1) is 5.92 Å². The van der Waals surface area contributed by atoms with Crippen molar-refractivity contribution in [3.8, 4) is 0 Å². The fourth-order valence-electron chi connectivity index (χ4n) is 2.69. The largest absolute Gasteiger partial charge is 0.398 e. The Hall–Kier alpha value is -1.03. The number of nitrogens with one attached hydrogen (secondary N) is 1. The van der Waals surface area contributed by atoms with Gasteiger partial charge in [0.1, 0.15) is 0 Å². The quantitative estimate of drug-likeness (QED) is 0.829. The molecule has 1 fully saturated rings. The molecule has 1 aromatic carbocycles. The predicted octanol–water partition coefficient (Wildman–Crippen LogP) is 3.73. The van der Waals surface area contributed by atoms with Crippen LogP contribution in [0.15, 0.2) is 22.7 Å². The predicted molar refractivity (Wildman–Crippen MR) is 82.1 cm³/mol. The molecule has 0 heterocycles. The molecule has 0 unspecified atom stereocenters. The summed E-state index contributed by atoms with van der Waals surface area (Å²) in [7, 11) is 0. The second-order valence-corrected chi connectivity index (χ2v) is 6.05. The number of hydrogen-bond acceptors (Lipinski definition) is 2. The monoisotopic (exact) mass is 324 g/mol. The fraction of sp³-hybridized carbons (Fsp3) is 0.533. The number of hydrogen-bond donors (Lipinski definition) is 2. The molecule has 19 heavy (non-hydrogen) atoms. The molecule has 1 saturated carbocycles. The molecular formula is C15H21BrN2O. The first-order chi connectivity index (χ1) is 9.18. The minimum atomic E-state index is -0.0463. The van der Waals surface area contributed by atoms with Crippen molar-refractivity contribution in [1.82, 2.24) is 5.32 Å². The molecule has 1 aliphatic rings. The van der Waals surface area contributed by atoms with Crippen LogP contribution < -0.4 is 11.1 Å². The fourth-order valence-corrected chi connectivity index (χ4v) is 3.13. The molecule has 0 spiro atoms. The van der Waals surface area contributed by atoms with Crippen LogP contribution in [-0.4, -0.2) is 12.5 Å². The highest BCUT2D eigenvalue weighted by molar-refractivity contribution is 9.10. The first kappa shape index (κ1) is 14.4. The Morgan fingerprint density at radius 1 is 1.32 bits per heavy atom. The average molecular weight is 325 g/mol. The van der Waals surface area contributed by atoms with Crippen LogP contribution in [0.2, 0.25) is 0 Å². The van der Waals surface area contributed by atoms with Crippen LogP contribution in [-0.2, 0) is 0 Å². The SMILES string of the molecule is Nc1cccc(C(=O)NCCC2CCCCC2)c1Br.